The Morgan fingerprint density at radius 1 is 1.12 bits per heavy atom. The van der Waals surface area contributed by atoms with Gasteiger partial charge in [-0.1, -0.05) is 6.42 Å². The lowest BCUT2D eigenvalue weighted by atomic mass is 9.98. The topological polar surface area (TPSA) is 78.7 Å². The van der Waals surface area contributed by atoms with E-state index in [1.807, 2.05) is 0 Å². The van der Waals surface area contributed by atoms with Crippen molar-refractivity contribution in [2.75, 3.05) is 33.7 Å². The zero-order chi connectivity index (χ0) is 16.1. The predicted octanol–water partition coefficient (Wildman–Crippen LogP) is 1.02. The standard InChI is InChI=1S/C16H30N4O2.2ClH/c1-19(2)16(22)11-20-8-6-13(7-9-20)18-15(21)10-12-4-3-5-14(12)17;;/h12-14H,3-11,17H2,1-2H3,(H,18,21);2*1H/t12-,14+;;/m0../s1. The Bertz CT molecular complexity index is 402. The quantitative estimate of drug-likeness (QED) is 0.743. The van der Waals surface area contributed by atoms with Gasteiger partial charge in [0.05, 0.1) is 6.54 Å². The van der Waals surface area contributed by atoms with Gasteiger partial charge >= 0.3 is 0 Å². The van der Waals surface area contributed by atoms with Gasteiger partial charge in [0, 0.05) is 45.7 Å². The lowest BCUT2D eigenvalue weighted by Gasteiger charge is -2.32. The van der Waals surface area contributed by atoms with Crippen molar-refractivity contribution in [1.29, 1.82) is 0 Å². The van der Waals surface area contributed by atoms with Crippen molar-refractivity contribution in [3.8, 4) is 0 Å². The molecule has 1 saturated carbocycles. The molecule has 0 aromatic heterocycles. The molecular weight excluding hydrogens is 351 g/mol. The molecule has 0 unspecified atom stereocenters. The van der Waals surface area contributed by atoms with Gasteiger partial charge in [-0.2, -0.15) is 0 Å². The maximum Gasteiger partial charge on any atom is 0.236 e. The fourth-order valence-corrected chi connectivity index (χ4v) is 3.41. The van der Waals surface area contributed by atoms with Crippen molar-refractivity contribution < 1.29 is 9.59 Å². The summed E-state index contributed by atoms with van der Waals surface area (Å²) in [5.74, 6) is 0.640. The first-order valence-electron chi connectivity index (χ1n) is 8.43. The Labute approximate surface area is 157 Å². The summed E-state index contributed by atoms with van der Waals surface area (Å²) in [4.78, 5) is 27.6. The maximum atomic E-state index is 12.1. The molecule has 2 fully saturated rings. The summed E-state index contributed by atoms with van der Waals surface area (Å²) in [6.07, 6.45) is 5.69. The van der Waals surface area contributed by atoms with Gasteiger partial charge < -0.3 is 16.0 Å². The lowest BCUT2D eigenvalue weighted by Crippen LogP contribution is -2.47. The van der Waals surface area contributed by atoms with Crippen LogP contribution < -0.4 is 11.1 Å². The van der Waals surface area contributed by atoms with Crippen LogP contribution in [0.3, 0.4) is 0 Å². The first-order chi connectivity index (χ1) is 10.5. The molecule has 0 spiro atoms. The Morgan fingerprint density at radius 3 is 2.25 bits per heavy atom. The number of hydrogen-bond acceptors (Lipinski definition) is 4. The summed E-state index contributed by atoms with van der Waals surface area (Å²) < 4.78 is 0. The van der Waals surface area contributed by atoms with E-state index in [0.717, 1.165) is 45.2 Å². The molecule has 0 aromatic carbocycles. The first-order valence-corrected chi connectivity index (χ1v) is 8.43. The van der Waals surface area contributed by atoms with Crippen LogP contribution >= 0.6 is 24.8 Å². The summed E-state index contributed by atoms with van der Waals surface area (Å²) in [5.41, 5.74) is 6.03. The summed E-state index contributed by atoms with van der Waals surface area (Å²) in [7, 11) is 3.56. The average molecular weight is 383 g/mol. The number of amides is 2. The number of nitrogens with one attached hydrogen (secondary N) is 1. The highest BCUT2D eigenvalue weighted by Gasteiger charge is 2.28. The van der Waals surface area contributed by atoms with Crippen LogP contribution in [0.25, 0.3) is 0 Å². The van der Waals surface area contributed by atoms with Gasteiger partial charge in [-0.05, 0) is 31.6 Å². The van der Waals surface area contributed by atoms with Crippen LogP contribution in [0.15, 0.2) is 0 Å². The van der Waals surface area contributed by atoms with Gasteiger partial charge in [0.1, 0.15) is 0 Å². The van der Waals surface area contributed by atoms with Crippen molar-refractivity contribution in [2.24, 2.45) is 11.7 Å². The number of halogens is 2. The van der Waals surface area contributed by atoms with Crippen LogP contribution in [-0.2, 0) is 9.59 Å². The van der Waals surface area contributed by atoms with Gasteiger partial charge in [-0.25, -0.2) is 0 Å². The molecule has 1 heterocycles. The van der Waals surface area contributed by atoms with Crippen molar-refractivity contribution in [3.05, 3.63) is 0 Å². The molecule has 2 aliphatic rings. The van der Waals surface area contributed by atoms with E-state index in [9.17, 15) is 9.59 Å². The summed E-state index contributed by atoms with van der Waals surface area (Å²) in [5, 5.41) is 3.15. The highest BCUT2D eigenvalue weighted by molar-refractivity contribution is 5.85. The Kier molecular flexibility index (Phi) is 10.9. The normalized spacial score (nSPS) is 24.6. The van der Waals surface area contributed by atoms with E-state index in [0.29, 0.717) is 18.9 Å². The number of piperidine rings is 1. The molecule has 2 atom stereocenters. The third kappa shape index (κ3) is 7.13. The van der Waals surface area contributed by atoms with Gasteiger partial charge in [0.25, 0.3) is 0 Å². The number of carbonyl (C=O) groups excluding carboxylic acids is 2. The SMILES string of the molecule is CN(C)C(=O)CN1CCC(NC(=O)C[C@@H]2CCC[C@H]2N)CC1.Cl.Cl. The molecular formula is C16H32Cl2N4O2. The van der Waals surface area contributed by atoms with Crippen molar-refractivity contribution in [2.45, 2.75) is 50.6 Å². The molecule has 142 valence electrons. The monoisotopic (exact) mass is 382 g/mol. The van der Waals surface area contributed by atoms with Crippen molar-refractivity contribution >= 4 is 36.6 Å². The van der Waals surface area contributed by atoms with Crippen molar-refractivity contribution in [1.82, 2.24) is 15.1 Å². The number of nitrogens with zero attached hydrogens (tertiary/aromatic N) is 2. The predicted molar refractivity (Wildman–Crippen MR) is 101 cm³/mol. The Morgan fingerprint density at radius 2 is 1.75 bits per heavy atom. The Hall–Kier alpha value is -0.560. The third-order valence-corrected chi connectivity index (χ3v) is 4.98. The second-order valence-electron chi connectivity index (χ2n) is 6.97. The fourth-order valence-electron chi connectivity index (χ4n) is 3.41. The van der Waals surface area contributed by atoms with Gasteiger partial charge in [-0.3, -0.25) is 14.5 Å². The molecule has 2 rings (SSSR count). The number of nitrogens with two attached hydrogens (primary N) is 1. The van der Waals surface area contributed by atoms with Crippen molar-refractivity contribution in [3.63, 3.8) is 0 Å². The highest BCUT2D eigenvalue weighted by atomic mass is 35.5. The molecule has 0 radical (unpaired) electrons. The summed E-state index contributed by atoms with van der Waals surface area (Å²) in [6, 6.07) is 0.445. The summed E-state index contributed by atoms with van der Waals surface area (Å²) in [6.45, 7) is 2.21. The van der Waals surface area contributed by atoms with Crippen LogP contribution in [0.2, 0.25) is 0 Å². The zero-order valence-corrected chi connectivity index (χ0v) is 16.3. The van der Waals surface area contributed by atoms with E-state index in [1.54, 1.807) is 19.0 Å². The zero-order valence-electron chi connectivity index (χ0n) is 14.7. The third-order valence-electron chi connectivity index (χ3n) is 4.98. The molecule has 24 heavy (non-hydrogen) atoms. The van der Waals surface area contributed by atoms with Crippen LogP contribution in [0, 0.1) is 5.92 Å². The number of rotatable bonds is 5. The number of likely N-dealkylation sites (tertiary alicyclic amines) is 1. The minimum Gasteiger partial charge on any atom is -0.353 e. The largest absolute Gasteiger partial charge is 0.353 e. The number of carbonyl (C=O) groups is 2. The first kappa shape index (κ1) is 23.4. The fraction of sp³-hybridized carbons (Fsp3) is 0.875. The smallest absolute Gasteiger partial charge is 0.236 e. The highest BCUT2D eigenvalue weighted by Crippen LogP contribution is 2.26. The van der Waals surface area contributed by atoms with Crippen LogP contribution in [0.5, 0.6) is 0 Å². The minimum absolute atomic E-state index is 0. The molecule has 1 aliphatic carbocycles. The van der Waals surface area contributed by atoms with Crippen LogP contribution in [0.4, 0.5) is 0 Å². The Balaban J connectivity index is 0.00000264. The molecule has 2 amide bonds. The van der Waals surface area contributed by atoms with Gasteiger partial charge in [0.15, 0.2) is 0 Å². The molecule has 1 saturated heterocycles. The van der Waals surface area contributed by atoms with E-state index in [2.05, 4.69) is 10.2 Å². The van der Waals surface area contributed by atoms with E-state index in [-0.39, 0.29) is 48.7 Å². The molecule has 1 aliphatic heterocycles. The van der Waals surface area contributed by atoms with Gasteiger partial charge in [-0.15, -0.1) is 24.8 Å². The van der Waals surface area contributed by atoms with Crippen LogP contribution in [-0.4, -0.2) is 67.4 Å². The van der Waals surface area contributed by atoms with Crippen LogP contribution in [0.1, 0.15) is 38.5 Å². The lowest BCUT2D eigenvalue weighted by molar-refractivity contribution is -0.130. The van der Waals surface area contributed by atoms with E-state index in [4.69, 9.17) is 5.73 Å². The molecule has 0 aromatic rings. The summed E-state index contributed by atoms with van der Waals surface area (Å²) >= 11 is 0. The molecule has 8 heteroatoms. The minimum atomic E-state index is 0. The van der Waals surface area contributed by atoms with Gasteiger partial charge in [0.2, 0.25) is 11.8 Å². The number of likely N-dealkylation sites (N-methyl/N-ethyl adjacent to an activating group) is 1. The van der Waals surface area contributed by atoms with E-state index in [1.165, 1.54) is 0 Å². The second-order valence-corrected chi connectivity index (χ2v) is 6.97. The molecule has 3 N–H and O–H groups in total. The number of hydrogen-bond donors (Lipinski definition) is 2. The molecule has 0 bridgehead atoms. The maximum absolute atomic E-state index is 12.1. The van der Waals surface area contributed by atoms with E-state index < -0.39 is 0 Å². The molecule has 6 nitrogen and oxygen atoms in total. The average Bonchev–Trinajstić information content (AvgIpc) is 2.86. The second kappa shape index (κ2) is 11.1. The van der Waals surface area contributed by atoms with E-state index >= 15 is 0 Å².